The van der Waals surface area contributed by atoms with Crippen molar-refractivity contribution in [2.24, 2.45) is 0 Å². The van der Waals surface area contributed by atoms with Gasteiger partial charge in [0.2, 0.25) is 0 Å². The van der Waals surface area contributed by atoms with Crippen LogP contribution in [0.2, 0.25) is 0 Å². The first-order valence-electron chi connectivity index (χ1n) is 7.37. The normalized spacial score (nSPS) is 19.9. The van der Waals surface area contributed by atoms with Gasteiger partial charge in [0.25, 0.3) is 5.91 Å². The Morgan fingerprint density at radius 1 is 1.25 bits per heavy atom. The first-order valence-corrected chi connectivity index (χ1v) is 7.78. The Labute approximate surface area is 125 Å². The Hall–Kier alpha value is -1.48. The highest BCUT2D eigenvalue weighted by Gasteiger charge is 2.34. The molecule has 1 fully saturated rings. The van der Waals surface area contributed by atoms with Crippen molar-refractivity contribution in [2.45, 2.75) is 44.9 Å². The third kappa shape index (κ3) is 2.10. The molecule has 3 heteroatoms. The van der Waals surface area contributed by atoms with Crippen molar-refractivity contribution < 1.29 is 4.79 Å². The molecule has 0 spiro atoms. The lowest BCUT2D eigenvalue weighted by atomic mass is 9.81. The van der Waals surface area contributed by atoms with E-state index in [2.05, 4.69) is 6.07 Å². The van der Waals surface area contributed by atoms with Gasteiger partial charge in [0, 0.05) is 11.8 Å². The molecule has 0 unspecified atom stereocenters. The van der Waals surface area contributed by atoms with Crippen molar-refractivity contribution >= 4 is 23.1 Å². The topological polar surface area (TPSA) is 20.3 Å². The lowest BCUT2D eigenvalue weighted by Gasteiger charge is -2.23. The van der Waals surface area contributed by atoms with E-state index in [0.29, 0.717) is 10.9 Å². The molecule has 0 bridgehead atoms. The largest absolute Gasteiger partial charge is 0.274 e. The highest BCUT2D eigenvalue weighted by molar-refractivity contribution is 7.80. The molecule has 2 aliphatic rings. The second-order valence-corrected chi connectivity index (χ2v) is 5.95. The summed E-state index contributed by atoms with van der Waals surface area (Å²) in [6.07, 6.45) is 9.88. The van der Waals surface area contributed by atoms with Gasteiger partial charge in [0.15, 0.2) is 0 Å². The number of hydrogen-bond donors (Lipinski definition) is 0. The minimum Gasteiger partial charge on any atom is -0.274 e. The number of rotatable bonds is 2. The van der Waals surface area contributed by atoms with Crippen LogP contribution in [0.4, 0.5) is 0 Å². The maximum atomic E-state index is 12.6. The van der Waals surface area contributed by atoms with Gasteiger partial charge in [-0.3, -0.25) is 9.69 Å². The molecule has 0 aromatic heterocycles. The van der Waals surface area contributed by atoms with E-state index in [-0.39, 0.29) is 5.91 Å². The van der Waals surface area contributed by atoms with E-state index in [9.17, 15) is 4.79 Å². The van der Waals surface area contributed by atoms with Crippen molar-refractivity contribution in [3.8, 4) is 0 Å². The number of hydrogen-bond acceptors (Lipinski definition) is 2. The van der Waals surface area contributed by atoms with Gasteiger partial charge in [-0.1, -0.05) is 55.8 Å². The van der Waals surface area contributed by atoms with Crippen LogP contribution in [0.5, 0.6) is 0 Å². The Morgan fingerprint density at radius 2 is 2.00 bits per heavy atom. The van der Waals surface area contributed by atoms with Crippen LogP contribution >= 0.6 is 12.2 Å². The molecule has 1 aromatic carbocycles. The zero-order valence-corrected chi connectivity index (χ0v) is 12.6. The van der Waals surface area contributed by atoms with E-state index in [4.69, 9.17) is 12.2 Å². The number of carbonyl (C=O) groups is 1. The summed E-state index contributed by atoms with van der Waals surface area (Å²) in [5.41, 5.74) is 3.00. The van der Waals surface area contributed by atoms with Crippen LogP contribution in [-0.4, -0.2) is 15.8 Å². The maximum absolute atomic E-state index is 12.6. The molecule has 20 heavy (non-hydrogen) atoms. The van der Waals surface area contributed by atoms with Crippen LogP contribution < -0.4 is 0 Å². The van der Waals surface area contributed by atoms with E-state index in [1.165, 1.54) is 37.7 Å². The highest BCUT2D eigenvalue weighted by Crippen LogP contribution is 2.38. The summed E-state index contributed by atoms with van der Waals surface area (Å²) in [6, 6.07) is 6.14. The van der Waals surface area contributed by atoms with Crippen LogP contribution in [0.3, 0.4) is 0 Å². The molecule has 0 atom stereocenters. The Kier molecular flexibility index (Phi) is 3.70. The van der Waals surface area contributed by atoms with Crippen LogP contribution in [-0.2, 0) is 0 Å². The van der Waals surface area contributed by atoms with Gasteiger partial charge in [-0.05, 0) is 31.2 Å². The van der Waals surface area contributed by atoms with Crippen LogP contribution in [0, 0.1) is 0 Å². The number of allylic oxidation sites excluding steroid dienone is 1. The fourth-order valence-corrected chi connectivity index (χ4v) is 3.68. The average molecular weight is 285 g/mol. The molecule has 104 valence electrons. The SMILES string of the molecule is CC=CN1C(=O)c2c(cccc2C2CCCCC2)C1=S. The minimum absolute atomic E-state index is 0.0456. The third-order valence-corrected chi connectivity index (χ3v) is 4.74. The molecule has 1 heterocycles. The number of fused-ring (bicyclic) bond motifs is 1. The predicted molar refractivity (Wildman–Crippen MR) is 85.0 cm³/mol. The molecule has 1 saturated carbocycles. The summed E-state index contributed by atoms with van der Waals surface area (Å²) in [5, 5.41) is 0. The second kappa shape index (κ2) is 5.49. The van der Waals surface area contributed by atoms with Crippen molar-refractivity contribution in [3.63, 3.8) is 0 Å². The van der Waals surface area contributed by atoms with Gasteiger partial charge in [-0.15, -0.1) is 0 Å². The van der Waals surface area contributed by atoms with Crippen LogP contribution in [0.25, 0.3) is 0 Å². The van der Waals surface area contributed by atoms with Gasteiger partial charge in [-0.2, -0.15) is 0 Å². The smallest absolute Gasteiger partial charge is 0.264 e. The van der Waals surface area contributed by atoms with Crippen molar-refractivity contribution in [3.05, 3.63) is 47.2 Å². The van der Waals surface area contributed by atoms with Crippen LogP contribution in [0.15, 0.2) is 30.5 Å². The molecule has 0 radical (unpaired) electrons. The Balaban J connectivity index is 2.05. The Morgan fingerprint density at radius 3 is 2.70 bits per heavy atom. The lowest BCUT2D eigenvalue weighted by Crippen LogP contribution is -2.23. The highest BCUT2D eigenvalue weighted by atomic mass is 32.1. The molecule has 1 aliphatic heterocycles. The summed E-state index contributed by atoms with van der Waals surface area (Å²) < 4.78 is 0. The third-order valence-electron chi connectivity index (χ3n) is 4.32. The first kappa shape index (κ1) is 13.5. The standard InChI is InChI=1S/C17H19NOS/c1-2-11-18-16(19)15-13(12-7-4-3-5-8-12)9-6-10-14(15)17(18)20/h2,6,9-12H,3-5,7-8H2,1H3. The second-order valence-electron chi connectivity index (χ2n) is 5.57. The van der Waals surface area contributed by atoms with Crippen molar-refractivity contribution in [1.29, 1.82) is 0 Å². The summed E-state index contributed by atoms with van der Waals surface area (Å²) in [5.74, 6) is 0.570. The quantitative estimate of drug-likeness (QED) is 0.751. The number of nitrogens with zero attached hydrogens (tertiary/aromatic N) is 1. The van der Waals surface area contributed by atoms with Crippen molar-refractivity contribution in [2.75, 3.05) is 0 Å². The molecule has 0 saturated heterocycles. The number of carbonyl (C=O) groups excluding carboxylic acids is 1. The van der Waals surface area contributed by atoms with E-state index >= 15 is 0 Å². The fraction of sp³-hybridized carbons (Fsp3) is 0.412. The van der Waals surface area contributed by atoms with Gasteiger partial charge in [-0.25, -0.2) is 0 Å². The van der Waals surface area contributed by atoms with E-state index in [1.54, 1.807) is 11.1 Å². The summed E-state index contributed by atoms with van der Waals surface area (Å²) in [4.78, 5) is 14.9. The maximum Gasteiger partial charge on any atom is 0.264 e. The van der Waals surface area contributed by atoms with Gasteiger partial charge >= 0.3 is 0 Å². The minimum atomic E-state index is 0.0456. The fourth-order valence-electron chi connectivity index (χ4n) is 3.37. The number of amides is 1. The number of benzene rings is 1. The first-order chi connectivity index (χ1) is 9.74. The summed E-state index contributed by atoms with van der Waals surface area (Å²) in [6.45, 7) is 1.90. The zero-order valence-electron chi connectivity index (χ0n) is 11.8. The zero-order chi connectivity index (χ0) is 14.1. The van der Waals surface area contributed by atoms with Crippen molar-refractivity contribution in [1.82, 2.24) is 4.90 Å². The van der Waals surface area contributed by atoms with Gasteiger partial charge < -0.3 is 0 Å². The molecule has 1 aliphatic carbocycles. The molecule has 1 amide bonds. The van der Waals surface area contributed by atoms with Gasteiger partial charge in [0.05, 0.1) is 5.56 Å². The average Bonchev–Trinajstić information content (AvgIpc) is 2.74. The molecule has 0 N–H and O–H groups in total. The lowest BCUT2D eigenvalue weighted by molar-refractivity contribution is 0.0898. The molecule has 2 nitrogen and oxygen atoms in total. The summed E-state index contributed by atoms with van der Waals surface area (Å²) in [7, 11) is 0. The monoisotopic (exact) mass is 285 g/mol. The molecular formula is C17H19NOS. The molecule has 1 aromatic rings. The summed E-state index contributed by atoms with van der Waals surface area (Å²) >= 11 is 5.45. The number of thiocarbonyl (C=S) groups is 1. The van der Waals surface area contributed by atoms with Gasteiger partial charge in [0.1, 0.15) is 4.99 Å². The Bertz CT molecular complexity index is 585. The molecule has 3 rings (SSSR count). The predicted octanol–water partition coefficient (Wildman–Crippen LogP) is 4.40. The van der Waals surface area contributed by atoms with Crippen LogP contribution in [0.1, 0.15) is 66.4 Å². The van der Waals surface area contributed by atoms with E-state index < -0.39 is 0 Å². The van der Waals surface area contributed by atoms with E-state index in [0.717, 1.165) is 11.1 Å². The van der Waals surface area contributed by atoms with E-state index in [1.807, 2.05) is 25.1 Å². The molecular weight excluding hydrogens is 266 g/mol.